The average Bonchev–Trinajstić information content (AvgIpc) is 2.67. The van der Waals surface area contributed by atoms with Crippen molar-refractivity contribution in [3.8, 4) is 11.3 Å². The second-order valence-corrected chi connectivity index (χ2v) is 5.36. The summed E-state index contributed by atoms with van der Waals surface area (Å²) >= 11 is 0. The fraction of sp³-hybridized carbons (Fsp3) is 0.0526. The molecule has 0 bridgehead atoms. The summed E-state index contributed by atoms with van der Waals surface area (Å²) in [7, 11) is 0. The van der Waals surface area contributed by atoms with Crippen molar-refractivity contribution < 1.29 is 14.7 Å². The Hall–Kier alpha value is -3.54. The molecule has 3 rings (SSSR count). The van der Waals surface area contributed by atoms with Crippen molar-refractivity contribution in [2.24, 2.45) is 0 Å². The summed E-state index contributed by atoms with van der Waals surface area (Å²) < 4.78 is 0. The van der Waals surface area contributed by atoms with Gasteiger partial charge >= 0.3 is 5.97 Å². The summed E-state index contributed by atoms with van der Waals surface area (Å²) in [6.07, 6.45) is 4.84. The van der Waals surface area contributed by atoms with Crippen LogP contribution in [0.1, 0.15) is 26.3 Å². The first-order valence-corrected chi connectivity index (χ1v) is 7.60. The lowest BCUT2D eigenvalue weighted by Crippen LogP contribution is -2.22. The third kappa shape index (κ3) is 4.06. The molecule has 0 saturated heterocycles. The molecule has 2 heterocycles. The van der Waals surface area contributed by atoms with E-state index in [1.807, 2.05) is 12.1 Å². The number of hydrogen-bond acceptors (Lipinski definition) is 4. The lowest BCUT2D eigenvalue weighted by atomic mass is 10.1. The summed E-state index contributed by atoms with van der Waals surface area (Å²) in [4.78, 5) is 31.5. The normalized spacial score (nSPS) is 10.2. The molecule has 0 unspecified atom stereocenters. The molecule has 0 spiro atoms. The maximum Gasteiger partial charge on any atom is 0.335 e. The number of carboxylic acids is 1. The Labute approximate surface area is 144 Å². The molecule has 0 aliphatic carbocycles. The summed E-state index contributed by atoms with van der Waals surface area (Å²) in [6.45, 7) is 0.384. The van der Waals surface area contributed by atoms with Crippen LogP contribution in [0.5, 0.6) is 0 Å². The number of carboxylic acid groups (broad SMARTS) is 1. The zero-order valence-electron chi connectivity index (χ0n) is 13.2. The van der Waals surface area contributed by atoms with Gasteiger partial charge in [0.15, 0.2) is 0 Å². The Morgan fingerprint density at radius 3 is 2.56 bits per heavy atom. The number of nitrogens with one attached hydrogen (secondary N) is 1. The van der Waals surface area contributed by atoms with E-state index in [1.165, 1.54) is 12.3 Å². The van der Waals surface area contributed by atoms with Gasteiger partial charge in [-0.2, -0.15) is 0 Å². The third-order valence-electron chi connectivity index (χ3n) is 3.61. The molecule has 2 N–H and O–H groups in total. The molecule has 0 fully saturated rings. The van der Waals surface area contributed by atoms with Gasteiger partial charge in [-0.1, -0.05) is 18.2 Å². The number of pyridine rings is 2. The van der Waals surface area contributed by atoms with Crippen molar-refractivity contribution in [1.82, 2.24) is 15.3 Å². The predicted octanol–water partition coefficient (Wildman–Crippen LogP) is 2.77. The van der Waals surface area contributed by atoms with Gasteiger partial charge in [0.25, 0.3) is 5.91 Å². The molecule has 0 aliphatic heterocycles. The lowest BCUT2D eigenvalue weighted by Gasteiger charge is -2.06. The third-order valence-corrected chi connectivity index (χ3v) is 3.61. The van der Waals surface area contributed by atoms with Crippen LogP contribution in [-0.2, 0) is 6.54 Å². The second-order valence-electron chi connectivity index (χ2n) is 5.36. The SMILES string of the molecule is O=C(O)c1cccc(-c2ccc(C(=O)NCc3cccnc3)cn2)c1. The number of aromatic carboxylic acids is 1. The van der Waals surface area contributed by atoms with Gasteiger partial charge in [-0.05, 0) is 35.9 Å². The number of carbonyl (C=O) groups excluding carboxylic acids is 1. The highest BCUT2D eigenvalue weighted by molar-refractivity contribution is 5.94. The lowest BCUT2D eigenvalue weighted by molar-refractivity contribution is 0.0696. The maximum absolute atomic E-state index is 12.2. The van der Waals surface area contributed by atoms with Gasteiger partial charge in [-0.25, -0.2) is 4.79 Å². The molecule has 0 saturated carbocycles. The van der Waals surface area contributed by atoms with Crippen LogP contribution in [0.25, 0.3) is 11.3 Å². The fourth-order valence-corrected chi connectivity index (χ4v) is 2.30. The summed E-state index contributed by atoms with van der Waals surface area (Å²) in [5.41, 5.74) is 2.82. The van der Waals surface area contributed by atoms with Gasteiger partial charge in [0.05, 0.1) is 16.8 Å². The number of benzene rings is 1. The topological polar surface area (TPSA) is 92.2 Å². The van der Waals surface area contributed by atoms with Crippen molar-refractivity contribution in [2.75, 3.05) is 0 Å². The van der Waals surface area contributed by atoms with Crippen LogP contribution in [0.2, 0.25) is 0 Å². The first kappa shape index (κ1) is 16.3. The molecule has 0 radical (unpaired) electrons. The smallest absolute Gasteiger partial charge is 0.335 e. The molecule has 124 valence electrons. The van der Waals surface area contributed by atoms with E-state index in [0.717, 1.165) is 5.56 Å². The van der Waals surface area contributed by atoms with E-state index in [0.29, 0.717) is 23.4 Å². The van der Waals surface area contributed by atoms with E-state index < -0.39 is 5.97 Å². The van der Waals surface area contributed by atoms with E-state index in [9.17, 15) is 9.59 Å². The zero-order chi connectivity index (χ0) is 17.6. The Kier molecular flexibility index (Phi) is 4.80. The molecule has 3 aromatic rings. The first-order chi connectivity index (χ1) is 12.1. The molecule has 2 aromatic heterocycles. The monoisotopic (exact) mass is 333 g/mol. The van der Waals surface area contributed by atoms with Gasteiger partial charge in [-0.15, -0.1) is 0 Å². The van der Waals surface area contributed by atoms with Crippen LogP contribution in [0.4, 0.5) is 0 Å². The molecule has 0 atom stereocenters. The predicted molar refractivity (Wildman–Crippen MR) is 92.0 cm³/mol. The average molecular weight is 333 g/mol. The van der Waals surface area contributed by atoms with Gasteiger partial charge in [-0.3, -0.25) is 14.8 Å². The Morgan fingerprint density at radius 2 is 1.88 bits per heavy atom. The van der Waals surface area contributed by atoms with Crippen LogP contribution in [0.15, 0.2) is 67.1 Å². The van der Waals surface area contributed by atoms with Gasteiger partial charge < -0.3 is 10.4 Å². The van der Waals surface area contributed by atoms with Crippen LogP contribution < -0.4 is 5.32 Å². The molecule has 6 heteroatoms. The van der Waals surface area contributed by atoms with Crippen LogP contribution in [0.3, 0.4) is 0 Å². The van der Waals surface area contributed by atoms with E-state index in [1.54, 1.807) is 42.7 Å². The largest absolute Gasteiger partial charge is 0.478 e. The Bertz CT molecular complexity index is 893. The number of rotatable bonds is 5. The zero-order valence-corrected chi connectivity index (χ0v) is 13.2. The molecule has 25 heavy (non-hydrogen) atoms. The van der Waals surface area contributed by atoms with Crippen molar-refractivity contribution >= 4 is 11.9 Å². The quantitative estimate of drug-likeness (QED) is 0.749. The van der Waals surface area contributed by atoms with E-state index in [-0.39, 0.29) is 11.5 Å². The molecule has 0 aliphatic rings. The highest BCUT2D eigenvalue weighted by Crippen LogP contribution is 2.18. The number of aromatic nitrogens is 2. The van der Waals surface area contributed by atoms with E-state index >= 15 is 0 Å². The van der Waals surface area contributed by atoms with Crippen molar-refractivity contribution in [3.63, 3.8) is 0 Å². The molecule has 6 nitrogen and oxygen atoms in total. The van der Waals surface area contributed by atoms with E-state index in [2.05, 4.69) is 15.3 Å². The van der Waals surface area contributed by atoms with Gasteiger partial charge in [0, 0.05) is 30.7 Å². The Balaban J connectivity index is 1.70. The second kappa shape index (κ2) is 7.35. The minimum atomic E-state index is -0.992. The van der Waals surface area contributed by atoms with E-state index in [4.69, 9.17) is 5.11 Å². The molecular weight excluding hydrogens is 318 g/mol. The fourth-order valence-electron chi connectivity index (χ4n) is 2.30. The van der Waals surface area contributed by atoms with Crippen LogP contribution in [0, 0.1) is 0 Å². The summed E-state index contributed by atoms with van der Waals surface area (Å²) in [6, 6.07) is 13.5. The summed E-state index contributed by atoms with van der Waals surface area (Å²) in [5, 5.41) is 11.9. The number of hydrogen-bond donors (Lipinski definition) is 2. The van der Waals surface area contributed by atoms with Crippen molar-refractivity contribution in [2.45, 2.75) is 6.54 Å². The molecule has 1 amide bonds. The standard InChI is InChI=1S/C19H15N3O3/c23-18(22-11-13-3-2-8-20-10-13)16-6-7-17(21-12-16)14-4-1-5-15(9-14)19(24)25/h1-10,12H,11H2,(H,22,23)(H,24,25). The van der Waals surface area contributed by atoms with Gasteiger partial charge in [0.1, 0.15) is 0 Å². The highest BCUT2D eigenvalue weighted by atomic mass is 16.4. The van der Waals surface area contributed by atoms with Gasteiger partial charge in [0.2, 0.25) is 0 Å². The molecule has 1 aromatic carbocycles. The first-order valence-electron chi connectivity index (χ1n) is 7.60. The number of carbonyl (C=O) groups is 2. The molecular formula is C19H15N3O3. The Morgan fingerprint density at radius 1 is 1.00 bits per heavy atom. The number of amides is 1. The minimum Gasteiger partial charge on any atom is -0.478 e. The van der Waals surface area contributed by atoms with Crippen molar-refractivity contribution in [3.05, 3.63) is 83.8 Å². The van der Waals surface area contributed by atoms with Crippen molar-refractivity contribution in [1.29, 1.82) is 0 Å². The maximum atomic E-state index is 12.2. The van der Waals surface area contributed by atoms with Crippen LogP contribution >= 0.6 is 0 Å². The highest BCUT2D eigenvalue weighted by Gasteiger charge is 2.09. The van der Waals surface area contributed by atoms with Crippen LogP contribution in [-0.4, -0.2) is 27.0 Å². The summed E-state index contributed by atoms with van der Waals surface area (Å²) in [5.74, 6) is -1.23. The number of nitrogens with zero attached hydrogens (tertiary/aromatic N) is 2. The minimum absolute atomic E-state index is 0.192.